The lowest BCUT2D eigenvalue weighted by Gasteiger charge is -2.16. The molecule has 0 saturated heterocycles. The molecule has 3 aromatic rings. The number of aryl methyl sites for hydroxylation is 3. The Kier molecular flexibility index (Phi) is 4.72. The SMILES string of the molecule is CCc1cc2c(=O)n([C@@H](C)C(=O)Nc3ccc(C)cc3C)cnc2s1. The number of carbonyl (C=O) groups excluding carboxylic acids is 1. The van der Waals surface area contributed by atoms with Gasteiger partial charge in [0.1, 0.15) is 10.9 Å². The molecule has 5 nitrogen and oxygen atoms in total. The van der Waals surface area contributed by atoms with Crippen LogP contribution >= 0.6 is 11.3 Å². The minimum Gasteiger partial charge on any atom is -0.324 e. The number of anilines is 1. The van der Waals surface area contributed by atoms with E-state index in [2.05, 4.69) is 10.3 Å². The Labute approximate surface area is 150 Å². The van der Waals surface area contributed by atoms with Crippen LogP contribution < -0.4 is 10.9 Å². The predicted octanol–water partition coefficient (Wildman–Crippen LogP) is 3.84. The van der Waals surface area contributed by atoms with Crippen LogP contribution in [0.25, 0.3) is 10.2 Å². The maximum Gasteiger partial charge on any atom is 0.262 e. The van der Waals surface area contributed by atoms with Gasteiger partial charge in [0.05, 0.1) is 11.7 Å². The van der Waals surface area contributed by atoms with Crippen LogP contribution in [0, 0.1) is 13.8 Å². The van der Waals surface area contributed by atoms with Crippen molar-refractivity contribution in [2.24, 2.45) is 0 Å². The van der Waals surface area contributed by atoms with Crippen molar-refractivity contribution in [1.82, 2.24) is 9.55 Å². The number of nitrogens with one attached hydrogen (secondary N) is 1. The molecule has 0 unspecified atom stereocenters. The van der Waals surface area contributed by atoms with Gasteiger partial charge >= 0.3 is 0 Å². The molecule has 1 atom stereocenters. The van der Waals surface area contributed by atoms with E-state index >= 15 is 0 Å². The van der Waals surface area contributed by atoms with Crippen molar-refractivity contribution in [2.45, 2.75) is 40.2 Å². The van der Waals surface area contributed by atoms with E-state index < -0.39 is 6.04 Å². The van der Waals surface area contributed by atoms with Gasteiger partial charge in [-0.1, -0.05) is 24.6 Å². The second kappa shape index (κ2) is 6.80. The molecule has 0 aliphatic carbocycles. The number of fused-ring (bicyclic) bond motifs is 1. The van der Waals surface area contributed by atoms with Gasteiger partial charge in [0.15, 0.2) is 0 Å². The van der Waals surface area contributed by atoms with Gasteiger partial charge in [0.2, 0.25) is 5.91 Å². The first kappa shape index (κ1) is 17.4. The fourth-order valence-corrected chi connectivity index (χ4v) is 3.68. The summed E-state index contributed by atoms with van der Waals surface area (Å²) < 4.78 is 1.40. The summed E-state index contributed by atoms with van der Waals surface area (Å²) in [5.41, 5.74) is 2.71. The van der Waals surface area contributed by atoms with E-state index in [-0.39, 0.29) is 11.5 Å². The standard InChI is InChI=1S/C19H21N3O2S/c1-5-14-9-15-18(25-14)20-10-22(19(15)24)13(4)17(23)21-16-7-6-11(2)8-12(16)3/h6-10,13H,5H2,1-4H3,(H,21,23)/t13-/m0/s1. The zero-order chi connectivity index (χ0) is 18.1. The molecular weight excluding hydrogens is 334 g/mol. The smallest absolute Gasteiger partial charge is 0.262 e. The third-order valence-corrected chi connectivity index (χ3v) is 5.50. The quantitative estimate of drug-likeness (QED) is 0.773. The van der Waals surface area contributed by atoms with E-state index in [1.165, 1.54) is 22.2 Å². The number of benzene rings is 1. The number of carbonyl (C=O) groups is 1. The van der Waals surface area contributed by atoms with Gasteiger partial charge in [-0.2, -0.15) is 0 Å². The summed E-state index contributed by atoms with van der Waals surface area (Å²) >= 11 is 1.52. The third-order valence-electron chi connectivity index (χ3n) is 4.31. The highest BCUT2D eigenvalue weighted by Crippen LogP contribution is 2.22. The first-order valence-electron chi connectivity index (χ1n) is 8.28. The largest absolute Gasteiger partial charge is 0.324 e. The molecule has 0 radical (unpaired) electrons. The molecule has 1 aromatic carbocycles. The van der Waals surface area contributed by atoms with Crippen LogP contribution in [0.4, 0.5) is 5.69 Å². The van der Waals surface area contributed by atoms with Crippen molar-refractivity contribution in [1.29, 1.82) is 0 Å². The maximum absolute atomic E-state index is 12.7. The molecule has 1 amide bonds. The summed E-state index contributed by atoms with van der Waals surface area (Å²) in [6, 6.07) is 7.07. The van der Waals surface area contributed by atoms with E-state index in [9.17, 15) is 9.59 Å². The van der Waals surface area contributed by atoms with Gasteiger partial charge in [-0.25, -0.2) is 4.98 Å². The summed E-state index contributed by atoms with van der Waals surface area (Å²) in [5, 5.41) is 3.48. The number of hydrogen-bond donors (Lipinski definition) is 1. The summed E-state index contributed by atoms with van der Waals surface area (Å²) in [7, 11) is 0. The van der Waals surface area contributed by atoms with Crippen molar-refractivity contribution in [2.75, 3.05) is 5.32 Å². The average molecular weight is 355 g/mol. The van der Waals surface area contributed by atoms with E-state index in [0.717, 1.165) is 32.9 Å². The van der Waals surface area contributed by atoms with Crippen molar-refractivity contribution in [3.63, 3.8) is 0 Å². The molecule has 0 bridgehead atoms. The lowest BCUT2D eigenvalue weighted by Crippen LogP contribution is -2.31. The minimum atomic E-state index is -0.643. The lowest BCUT2D eigenvalue weighted by molar-refractivity contribution is -0.118. The van der Waals surface area contributed by atoms with E-state index in [1.807, 2.05) is 45.0 Å². The van der Waals surface area contributed by atoms with Gasteiger partial charge in [-0.05, 0) is 44.9 Å². The van der Waals surface area contributed by atoms with Crippen LogP contribution in [0.2, 0.25) is 0 Å². The van der Waals surface area contributed by atoms with Crippen LogP contribution in [0.3, 0.4) is 0 Å². The zero-order valence-electron chi connectivity index (χ0n) is 14.8. The van der Waals surface area contributed by atoms with E-state index in [4.69, 9.17) is 0 Å². The number of hydrogen-bond acceptors (Lipinski definition) is 4. The molecule has 0 aliphatic rings. The lowest BCUT2D eigenvalue weighted by atomic mass is 10.1. The number of amides is 1. The van der Waals surface area contributed by atoms with Crippen molar-refractivity contribution in [3.05, 3.63) is 57.0 Å². The molecule has 3 rings (SSSR count). The zero-order valence-corrected chi connectivity index (χ0v) is 15.6. The maximum atomic E-state index is 12.7. The van der Waals surface area contributed by atoms with Gasteiger partial charge in [-0.3, -0.25) is 14.2 Å². The fourth-order valence-electron chi connectivity index (χ4n) is 2.75. The Hall–Kier alpha value is -2.47. The predicted molar refractivity (Wildman–Crippen MR) is 103 cm³/mol. The van der Waals surface area contributed by atoms with E-state index in [0.29, 0.717) is 5.39 Å². The number of thiophene rings is 1. The summed E-state index contributed by atoms with van der Waals surface area (Å²) in [4.78, 5) is 31.5. The Bertz CT molecular complexity index is 1000. The summed E-state index contributed by atoms with van der Waals surface area (Å²) in [6.07, 6.45) is 2.33. The first-order chi connectivity index (χ1) is 11.9. The Morgan fingerprint density at radius 3 is 2.76 bits per heavy atom. The molecule has 0 aliphatic heterocycles. The molecule has 0 fully saturated rings. The molecule has 2 heterocycles. The second-order valence-electron chi connectivity index (χ2n) is 6.23. The Morgan fingerprint density at radius 1 is 1.32 bits per heavy atom. The first-order valence-corrected chi connectivity index (χ1v) is 9.10. The van der Waals surface area contributed by atoms with Crippen molar-refractivity contribution < 1.29 is 4.79 Å². The van der Waals surface area contributed by atoms with Crippen LogP contribution in [-0.4, -0.2) is 15.5 Å². The molecular formula is C19H21N3O2S. The van der Waals surface area contributed by atoms with Crippen LogP contribution in [-0.2, 0) is 11.2 Å². The summed E-state index contributed by atoms with van der Waals surface area (Å²) in [6.45, 7) is 7.71. The second-order valence-corrected chi connectivity index (χ2v) is 7.34. The van der Waals surface area contributed by atoms with Gasteiger partial charge in [-0.15, -0.1) is 11.3 Å². The topological polar surface area (TPSA) is 64.0 Å². The van der Waals surface area contributed by atoms with Gasteiger partial charge in [0.25, 0.3) is 5.56 Å². The highest BCUT2D eigenvalue weighted by Gasteiger charge is 2.19. The number of nitrogens with zero attached hydrogens (tertiary/aromatic N) is 2. The Morgan fingerprint density at radius 2 is 2.08 bits per heavy atom. The minimum absolute atomic E-state index is 0.177. The molecule has 25 heavy (non-hydrogen) atoms. The molecule has 0 spiro atoms. The van der Waals surface area contributed by atoms with Crippen molar-refractivity contribution in [3.8, 4) is 0 Å². The molecule has 130 valence electrons. The normalized spacial score (nSPS) is 12.3. The van der Waals surface area contributed by atoms with Crippen LogP contribution in [0.15, 0.2) is 35.4 Å². The molecule has 6 heteroatoms. The van der Waals surface area contributed by atoms with E-state index in [1.54, 1.807) is 6.92 Å². The molecule has 1 N–H and O–H groups in total. The fraction of sp³-hybridized carbons (Fsp3) is 0.316. The summed E-state index contributed by atoms with van der Waals surface area (Å²) in [5.74, 6) is -0.235. The molecule has 0 saturated carbocycles. The molecule has 2 aromatic heterocycles. The average Bonchev–Trinajstić information content (AvgIpc) is 3.01. The van der Waals surface area contributed by atoms with Crippen molar-refractivity contribution >= 4 is 33.1 Å². The third kappa shape index (κ3) is 3.35. The van der Waals surface area contributed by atoms with Crippen LogP contribution in [0.1, 0.15) is 35.9 Å². The highest BCUT2D eigenvalue weighted by atomic mass is 32.1. The number of rotatable bonds is 4. The van der Waals surface area contributed by atoms with Gasteiger partial charge < -0.3 is 5.32 Å². The van der Waals surface area contributed by atoms with Crippen LogP contribution in [0.5, 0.6) is 0 Å². The van der Waals surface area contributed by atoms with Gasteiger partial charge in [0, 0.05) is 10.6 Å². The number of aromatic nitrogens is 2. The Balaban J connectivity index is 1.90. The highest BCUT2D eigenvalue weighted by molar-refractivity contribution is 7.18. The monoisotopic (exact) mass is 355 g/mol.